The molecule has 4 aromatic rings. The molecule has 0 bridgehead atoms. The van der Waals surface area contributed by atoms with E-state index in [4.69, 9.17) is 4.74 Å². The molecule has 1 aromatic heterocycles. The van der Waals surface area contributed by atoms with Gasteiger partial charge < -0.3 is 10.1 Å². The van der Waals surface area contributed by atoms with E-state index >= 15 is 0 Å². The van der Waals surface area contributed by atoms with Crippen molar-refractivity contribution in [2.24, 2.45) is 0 Å². The van der Waals surface area contributed by atoms with Crippen molar-refractivity contribution in [2.75, 3.05) is 7.11 Å². The van der Waals surface area contributed by atoms with Crippen molar-refractivity contribution in [1.82, 2.24) is 19.7 Å². The zero-order valence-electron chi connectivity index (χ0n) is 19.1. The Morgan fingerprint density at radius 2 is 1.74 bits per heavy atom. The fraction of sp³-hybridized carbons (Fsp3) is 0.154. The molecule has 8 nitrogen and oxygen atoms in total. The van der Waals surface area contributed by atoms with Crippen LogP contribution in [0.5, 0.6) is 5.75 Å². The lowest BCUT2D eigenvalue weighted by Crippen LogP contribution is -2.46. The quantitative estimate of drug-likeness (QED) is 0.444. The van der Waals surface area contributed by atoms with Crippen molar-refractivity contribution in [1.29, 1.82) is 0 Å². The molecular weight excluding hydrogens is 451 g/mol. The van der Waals surface area contributed by atoms with Crippen LogP contribution in [0.15, 0.2) is 88.5 Å². The molecule has 0 radical (unpaired) electrons. The maximum absolute atomic E-state index is 13.7. The SMILES string of the molecule is COc1ccc(-n2nc(C(=O)N[C@@H](C)c3ccccc3)c(=O)n(Cc3cccc(F)c3)c2=O)cc1. The van der Waals surface area contributed by atoms with Gasteiger partial charge in [0, 0.05) is 0 Å². The van der Waals surface area contributed by atoms with Crippen molar-refractivity contribution in [2.45, 2.75) is 19.5 Å². The second-order valence-corrected chi connectivity index (χ2v) is 7.87. The minimum atomic E-state index is -0.873. The van der Waals surface area contributed by atoms with Gasteiger partial charge in [-0.1, -0.05) is 42.5 Å². The van der Waals surface area contributed by atoms with Crippen LogP contribution in [0.2, 0.25) is 0 Å². The number of nitrogens with zero attached hydrogens (tertiary/aromatic N) is 3. The van der Waals surface area contributed by atoms with E-state index in [-0.39, 0.29) is 6.54 Å². The van der Waals surface area contributed by atoms with Crippen molar-refractivity contribution < 1.29 is 13.9 Å². The Morgan fingerprint density at radius 3 is 2.40 bits per heavy atom. The van der Waals surface area contributed by atoms with Crippen LogP contribution in [0.1, 0.15) is 34.6 Å². The van der Waals surface area contributed by atoms with Gasteiger partial charge in [-0.2, -0.15) is 9.78 Å². The third-order valence-corrected chi connectivity index (χ3v) is 5.47. The molecule has 0 spiro atoms. The van der Waals surface area contributed by atoms with E-state index in [0.717, 1.165) is 14.8 Å². The molecule has 0 aliphatic carbocycles. The lowest BCUT2D eigenvalue weighted by Gasteiger charge is -2.16. The Bertz CT molecular complexity index is 1460. The summed E-state index contributed by atoms with van der Waals surface area (Å²) in [5.41, 5.74) is -0.544. The topological polar surface area (TPSA) is 95.2 Å². The van der Waals surface area contributed by atoms with E-state index in [1.807, 2.05) is 30.3 Å². The number of aromatic nitrogens is 3. The highest BCUT2D eigenvalue weighted by molar-refractivity contribution is 5.92. The van der Waals surface area contributed by atoms with Gasteiger partial charge in [0.05, 0.1) is 25.4 Å². The summed E-state index contributed by atoms with van der Waals surface area (Å²) in [4.78, 5) is 39.6. The standard InChI is InChI=1S/C26H23FN4O4/c1-17(19-8-4-3-5-9-19)28-24(32)23-25(33)30(16-18-7-6-10-20(27)15-18)26(34)31(29-23)21-11-13-22(35-2)14-12-21/h3-15,17H,16H2,1-2H3,(H,28,32)/t17-/m0/s1. The van der Waals surface area contributed by atoms with Gasteiger partial charge in [-0.05, 0) is 54.4 Å². The van der Waals surface area contributed by atoms with Gasteiger partial charge in [0.1, 0.15) is 11.6 Å². The number of hydrogen-bond donors (Lipinski definition) is 1. The molecule has 0 fully saturated rings. The summed E-state index contributed by atoms with van der Waals surface area (Å²) < 4.78 is 20.7. The van der Waals surface area contributed by atoms with E-state index in [9.17, 15) is 18.8 Å². The first kappa shape index (κ1) is 23.6. The van der Waals surface area contributed by atoms with Gasteiger partial charge >= 0.3 is 5.69 Å². The predicted octanol–water partition coefficient (Wildman–Crippen LogP) is 3.08. The van der Waals surface area contributed by atoms with Crippen molar-refractivity contribution in [3.05, 3.63) is 122 Å². The molecule has 1 N–H and O–H groups in total. The lowest BCUT2D eigenvalue weighted by molar-refractivity contribution is 0.0930. The smallest absolute Gasteiger partial charge is 0.352 e. The number of nitrogens with one attached hydrogen (secondary N) is 1. The Kier molecular flexibility index (Phi) is 6.86. The van der Waals surface area contributed by atoms with Crippen molar-refractivity contribution in [3.8, 4) is 11.4 Å². The highest BCUT2D eigenvalue weighted by atomic mass is 19.1. The van der Waals surface area contributed by atoms with Gasteiger partial charge in [0.2, 0.25) is 5.69 Å². The number of benzene rings is 3. The first-order valence-electron chi connectivity index (χ1n) is 10.9. The third-order valence-electron chi connectivity index (χ3n) is 5.47. The summed E-state index contributed by atoms with van der Waals surface area (Å²) in [5, 5.41) is 6.87. The highest BCUT2D eigenvalue weighted by Gasteiger charge is 2.22. The molecule has 1 amide bonds. The molecule has 0 unspecified atom stereocenters. The number of halogens is 1. The van der Waals surface area contributed by atoms with Crippen LogP contribution in [0.4, 0.5) is 4.39 Å². The summed E-state index contributed by atoms with van der Waals surface area (Å²) in [6, 6.07) is 20.8. The second-order valence-electron chi connectivity index (χ2n) is 7.87. The minimum Gasteiger partial charge on any atom is -0.497 e. The van der Waals surface area contributed by atoms with E-state index < -0.39 is 34.7 Å². The molecule has 4 rings (SSSR count). The predicted molar refractivity (Wildman–Crippen MR) is 128 cm³/mol. The monoisotopic (exact) mass is 474 g/mol. The average molecular weight is 474 g/mol. The van der Waals surface area contributed by atoms with Crippen LogP contribution in [0.3, 0.4) is 0 Å². The molecule has 35 heavy (non-hydrogen) atoms. The summed E-state index contributed by atoms with van der Waals surface area (Å²) >= 11 is 0. The molecule has 9 heteroatoms. The molecule has 0 aliphatic rings. The number of amides is 1. The maximum Gasteiger partial charge on any atom is 0.352 e. The number of carbonyl (C=O) groups excluding carboxylic acids is 1. The number of rotatable bonds is 7. The van der Waals surface area contributed by atoms with Crippen LogP contribution < -0.4 is 21.3 Å². The van der Waals surface area contributed by atoms with Crippen molar-refractivity contribution >= 4 is 5.91 Å². The van der Waals surface area contributed by atoms with E-state index in [2.05, 4.69) is 10.4 Å². The zero-order chi connectivity index (χ0) is 24.9. The number of methoxy groups -OCH3 is 1. The fourth-order valence-electron chi connectivity index (χ4n) is 3.60. The van der Waals surface area contributed by atoms with Gasteiger partial charge in [-0.15, -0.1) is 0 Å². The van der Waals surface area contributed by atoms with E-state index in [0.29, 0.717) is 17.0 Å². The Hall–Kier alpha value is -4.53. The van der Waals surface area contributed by atoms with Crippen LogP contribution in [-0.2, 0) is 6.54 Å². The van der Waals surface area contributed by atoms with Gasteiger partial charge in [-0.25, -0.2) is 9.18 Å². The van der Waals surface area contributed by atoms with Crippen LogP contribution >= 0.6 is 0 Å². The van der Waals surface area contributed by atoms with Crippen LogP contribution in [-0.4, -0.2) is 27.4 Å². The van der Waals surface area contributed by atoms with Crippen LogP contribution in [0, 0.1) is 5.82 Å². The minimum absolute atomic E-state index is 0.234. The first-order valence-corrected chi connectivity index (χ1v) is 10.9. The fourth-order valence-corrected chi connectivity index (χ4v) is 3.60. The molecule has 178 valence electrons. The second kappa shape index (κ2) is 10.2. The Balaban J connectivity index is 1.80. The van der Waals surface area contributed by atoms with Crippen LogP contribution in [0.25, 0.3) is 5.69 Å². The molecule has 0 saturated heterocycles. The highest BCUT2D eigenvalue weighted by Crippen LogP contribution is 2.14. The largest absolute Gasteiger partial charge is 0.497 e. The van der Waals surface area contributed by atoms with Gasteiger partial charge in [0.25, 0.3) is 11.5 Å². The normalized spacial score (nSPS) is 11.6. The third kappa shape index (κ3) is 5.19. The molecule has 0 aliphatic heterocycles. The molecule has 1 atom stereocenters. The summed E-state index contributed by atoms with van der Waals surface area (Å²) in [7, 11) is 1.51. The Morgan fingerprint density at radius 1 is 1.03 bits per heavy atom. The average Bonchev–Trinajstić information content (AvgIpc) is 2.87. The summed E-state index contributed by atoms with van der Waals surface area (Å²) in [6.07, 6.45) is 0. The molecule has 1 heterocycles. The van der Waals surface area contributed by atoms with Gasteiger partial charge in [-0.3, -0.25) is 14.2 Å². The molecule has 3 aromatic carbocycles. The number of hydrogen-bond acceptors (Lipinski definition) is 5. The molecule has 0 saturated carbocycles. The Labute approximate surface area is 200 Å². The number of ether oxygens (including phenoxy) is 1. The van der Waals surface area contributed by atoms with Crippen molar-refractivity contribution in [3.63, 3.8) is 0 Å². The molecular formula is C26H23FN4O4. The lowest BCUT2D eigenvalue weighted by atomic mass is 10.1. The summed E-state index contributed by atoms with van der Waals surface area (Å²) in [5.74, 6) is -0.680. The van der Waals surface area contributed by atoms with Gasteiger partial charge in [0.15, 0.2) is 0 Å². The first-order chi connectivity index (χ1) is 16.9. The summed E-state index contributed by atoms with van der Waals surface area (Å²) in [6.45, 7) is 1.54. The zero-order valence-corrected chi connectivity index (χ0v) is 19.1. The number of carbonyl (C=O) groups is 1. The van der Waals surface area contributed by atoms with E-state index in [1.165, 1.54) is 25.3 Å². The van der Waals surface area contributed by atoms with E-state index in [1.54, 1.807) is 37.3 Å². The maximum atomic E-state index is 13.7.